The maximum atomic E-state index is 9.43. The molecule has 28 atom stereocenters. The van der Waals surface area contributed by atoms with Gasteiger partial charge in [0.1, 0.15) is 0 Å². The van der Waals surface area contributed by atoms with Gasteiger partial charge in [0.05, 0.1) is 18.3 Å². The van der Waals surface area contributed by atoms with Crippen LogP contribution in [0, 0.1) is 168 Å². The molecular weight excluding hydrogens is 1160 g/mol. The monoisotopic (exact) mass is 1320 g/mol. The SMILES string of the molecule is CC(C)CCCC(C)C1CCC2C3CC=C4C(C)(C)C(C(C)OO)CCC4(C)C3CCC12C.CC(C)CCCC(C)C1CCC2C3CC=C4CC(C(C)OO)CCC4(C)C3CCC12C.CC(C)CCCC(C)C1CCC2C3CCC4CC(C(C)OO)CCC4(C)C3CCC12C. The van der Waals surface area contributed by atoms with Gasteiger partial charge in [-0.3, -0.25) is 15.8 Å². The van der Waals surface area contributed by atoms with E-state index >= 15 is 0 Å². The van der Waals surface area contributed by atoms with E-state index in [1.165, 1.54) is 205 Å². The summed E-state index contributed by atoms with van der Waals surface area (Å²) in [7, 11) is 0. The van der Waals surface area contributed by atoms with Gasteiger partial charge in [-0.05, 0) is 343 Å². The van der Waals surface area contributed by atoms with Gasteiger partial charge in [0, 0.05) is 0 Å². The lowest BCUT2D eigenvalue weighted by Crippen LogP contribution is -2.54. The molecule has 0 aromatic heterocycles. The summed E-state index contributed by atoms with van der Waals surface area (Å²) in [6, 6.07) is 0. The summed E-state index contributed by atoms with van der Waals surface area (Å²) in [6.07, 6.45) is 51.1. The van der Waals surface area contributed by atoms with E-state index in [9.17, 15) is 15.8 Å². The van der Waals surface area contributed by atoms with Crippen molar-refractivity contribution in [2.45, 2.75) is 369 Å². The van der Waals surface area contributed by atoms with E-state index in [-0.39, 0.29) is 23.7 Å². The van der Waals surface area contributed by atoms with Crippen molar-refractivity contribution in [2.24, 2.45) is 168 Å². The van der Waals surface area contributed by atoms with Crippen molar-refractivity contribution in [1.29, 1.82) is 0 Å². The predicted molar refractivity (Wildman–Crippen MR) is 398 cm³/mol. The summed E-state index contributed by atoms with van der Waals surface area (Å²) >= 11 is 0. The quantitative estimate of drug-likeness (QED) is 0.0603. The van der Waals surface area contributed by atoms with Crippen LogP contribution in [0.1, 0.15) is 350 Å². The van der Waals surface area contributed by atoms with Gasteiger partial charge in [0.2, 0.25) is 0 Å². The fourth-order valence-electron chi connectivity index (χ4n) is 29.4. The molecule has 10 fully saturated rings. The Hall–Kier alpha value is -0.760. The third-order valence-corrected chi connectivity index (χ3v) is 34.9. The lowest BCUT2D eigenvalue weighted by atomic mass is 9.43. The highest BCUT2D eigenvalue weighted by Gasteiger charge is 2.64. The first-order chi connectivity index (χ1) is 44.9. The summed E-state index contributed by atoms with van der Waals surface area (Å²) in [5.41, 5.74) is 6.52. The molecule has 12 aliphatic carbocycles. The lowest BCUT2D eigenvalue weighted by Gasteiger charge is -2.62. The van der Waals surface area contributed by atoms with Gasteiger partial charge in [0.25, 0.3) is 0 Å². The third-order valence-electron chi connectivity index (χ3n) is 34.9. The van der Waals surface area contributed by atoms with Gasteiger partial charge in [0.15, 0.2) is 0 Å². The molecule has 0 spiro atoms. The third kappa shape index (κ3) is 14.8. The Labute approximate surface area is 587 Å². The highest BCUT2D eigenvalue weighted by Crippen LogP contribution is 2.73. The largest absolute Gasteiger partial charge is 0.252 e. The predicted octanol–water partition coefficient (Wildman–Crippen LogP) is 26.3. The standard InChI is InChI=1S/C31H54O2.C29H52O2.C29H50O2/c1-20(2)10-9-11-21(3)24-13-14-26-23-12-15-28-29(5,6)25(22(4)33-32)16-19-31(28,8)27(23)17-18-30(24,26)7;2*1-19(2)8-7-9-20(3)25-12-13-26-24-11-10-23-18-22(21(4)31-30)14-16-28(23,5)27(24)15-17-29(25,26)6/h15,20-27,32H,9-14,16-19H2,1-8H3;19-27,30H,7-18H2,1-6H3;10,19-22,24-27,30H,7-9,11-18H2,1-6H3. The molecule has 0 heterocycles. The second kappa shape index (κ2) is 30.9. The van der Waals surface area contributed by atoms with Crippen molar-refractivity contribution in [2.75, 3.05) is 0 Å². The average molecular weight is 1320 g/mol. The fraction of sp³-hybridized carbons (Fsp3) is 0.955. The minimum absolute atomic E-state index is 0.00435. The first-order valence-electron chi connectivity index (χ1n) is 42.2. The van der Waals surface area contributed by atoms with Crippen molar-refractivity contribution in [3.63, 3.8) is 0 Å². The Balaban J connectivity index is 0.000000155. The normalized spacial score (nSPS) is 45.0. The summed E-state index contributed by atoms with van der Waals surface area (Å²) < 4.78 is 0. The maximum absolute atomic E-state index is 9.43. The smallest absolute Gasteiger partial charge is 0.0935 e. The Bertz CT molecular complexity index is 2510. The van der Waals surface area contributed by atoms with Gasteiger partial charge in [-0.1, -0.05) is 199 Å². The average Bonchev–Trinajstić information content (AvgIpc) is 1.66. The van der Waals surface area contributed by atoms with Crippen LogP contribution < -0.4 is 0 Å². The molecule has 6 nitrogen and oxygen atoms in total. The Morgan fingerprint density at radius 3 is 1.24 bits per heavy atom. The van der Waals surface area contributed by atoms with E-state index in [1.54, 1.807) is 11.1 Å². The van der Waals surface area contributed by atoms with E-state index in [0.717, 1.165) is 119 Å². The van der Waals surface area contributed by atoms with Crippen molar-refractivity contribution in [1.82, 2.24) is 0 Å². The molecule has 548 valence electrons. The zero-order valence-corrected chi connectivity index (χ0v) is 66.0. The van der Waals surface area contributed by atoms with Gasteiger partial charge in [-0.2, -0.15) is 0 Å². The van der Waals surface area contributed by atoms with E-state index < -0.39 is 0 Å². The van der Waals surface area contributed by atoms with Gasteiger partial charge >= 0.3 is 0 Å². The molecule has 0 aliphatic heterocycles. The molecule has 95 heavy (non-hydrogen) atoms. The zero-order chi connectivity index (χ0) is 69.0. The van der Waals surface area contributed by atoms with E-state index in [2.05, 4.69) is 137 Å². The molecule has 10 saturated carbocycles. The van der Waals surface area contributed by atoms with Crippen LogP contribution in [0.25, 0.3) is 0 Å². The van der Waals surface area contributed by atoms with Crippen LogP contribution in [0.5, 0.6) is 0 Å². The van der Waals surface area contributed by atoms with Crippen LogP contribution in [0.2, 0.25) is 0 Å². The van der Waals surface area contributed by atoms with Crippen LogP contribution in [0.15, 0.2) is 23.3 Å². The molecule has 0 aromatic rings. The molecule has 0 aromatic carbocycles. The van der Waals surface area contributed by atoms with E-state index in [4.69, 9.17) is 14.7 Å². The van der Waals surface area contributed by atoms with Crippen LogP contribution in [-0.4, -0.2) is 34.1 Å². The summed E-state index contributed by atoms with van der Waals surface area (Å²) in [5, 5.41) is 27.8. The highest BCUT2D eigenvalue weighted by molar-refractivity contribution is 5.32. The van der Waals surface area contributed by atoms with Crippen molar-refractivity contribution < 1.29 is 30.4 Å². The highest BCUT2D eigenvalue weighted by atomic mass is 17.1. The van der Waals surface area contributed by atoms with Crippen LogP contribution in [0.3, 0.4) is 0 Å². The number of allylic oxidation sites excluding steroid dienone is 4. The maximum Gasteiger partial charge on any atom is 0.0935 e. The van der Waals surface area contributed by atoms with E-state index in [0.29, 0.717) is 50.2 Å². The second-order valence-electron chi connectivity index (χ2n) is 41.0. The van der Waals surface area contributed by atoms with Gasteiger partial charge in [-0.15, -0.1) is 0 Å². The Morgan fingerprint density at radius 2 is 0.768 bits per heavy atom. The summed E-state index contributed by atoms with van der Waals surface area (Å²) in [4.78, 5) is 14.3. The fourth-order valence-corrected chi connectivity index (χ4v) is 29.4. The van der Waals surface area contributed by atoms with Crippen LogP contribution in [0.4, 0.5) is 0 Å². The first kappa shape index (κ1) is 76.9. The number of hydrogen-bond acceptors (Lipinski definition) is 6. The van der Waals surface area contributed by atoms with Crippen molar-refractivity contribution >= 4 is 0 Å². The molecule has 6 heteroatoms. The van der Waals surface area contributed by atoms with Crippen LogP contribution in [-0.2, 0) is 14.7 Å². The second-order valence-corrected chi connectivity index (χ2v) is 41.0. The van der Waals surface area contributed by atoms with Gasteiger partial charge in [-0.25, -0.2) is 14.7 Å². The number of hydrogen-bond donors (Lipinski definition) is 3. The topological polar surface area (TPSA) is 88.4 Å². The molecule has 12 rings (SSSR count). The molecule has 28 unspecified atom stereocenters. The minimum atomic E-state index is -0.0920. The molecule has 12 aliphatic rings. The zero-order valence-electron chi connectivity index (χ0n) is 66.0. The lowest BCUT2D eigenvalue weighted by molar-refractivity contribution is -0.294. The Kier molecular flexibility index (Phi) is 25.0. The molecular formula is C89H156O6. The summed E-state index contributed by atoms with van der Waals surface area (Å²) in [5.74, 6) is 18.7. The number of fused-ring (bicyclic) bond motifs is 15. The molecule has 3 N–H and O–H groups in total. The summed E-state index contributed by atoms with van der Waals surface area (Å²) in [6.45, 7) is 49.0. The van der Waals surface area contributed by atoms with Crippen LogP contribution >= 0.6 is 0 Å². The Morgan fingerprint density at radius 1 is 0.368 bits per heavy atom. The van der Waals surface area contributed by atoms with Gasteiger partial charge < -0.3 is 0 Å². The van der Waals surface area contributed by atoms with E-state index in [1.807, 2.05) is 13.8 Å². The molecule has 0 bridgehead atoms. The number of rotatable bonds is 21. The molecule has 0 saturated heterocycles. The molecule has 0 radical (unpaired) electrons. The van der Waals surface area contributed by atoms with Crippen molar-refractivity contribution in [3.8, 4) is 0 Å². The first-order valence-corrected chi connectivity index (χ1v) is 42.2. The molecule has 0 amide bonds. The van der Waals surface area contributed by atoms with Crippen molar-refractivity contribution in [3.05, 3.63) is 23.3 Å². The minimum Gasteiger partial charge on any atom is -0.252 e.